The Labute approximate surface area is 115 Å². The summed E-state index contributed by atoms with van der Waals surface area (Å²) in [6.45, 7) is 6.34. The molecular weight excluding hydrogens is 244 g/mol. The first-order valence-electron chi connectivity index (χ1n) is 7.12. The number of carbonyl (C=O) groups is 2. The Morgan fingerprint density at radius 1 is 1.32 bits per heavy atom. The van der Waals surface area contributed by atoms with Crippen molar-refractivity contribution >= 4 is 11.9 Å². The Morgan fingerprint density at radius 2 is 1.95 bits per heavy atom. The highest BCUT2D eigenvalue weighted by Crippen LogP contribution is 2.15. The molecule has 0 radical (unpaired) electrons. The largest absolute Gasteiger partial charge is 0.481 e. The maximum absolute atomic E-state index is 11.9. The first-order valence-corrected chi connectivity index (χ1v) is 7.12. The van der Waals surface area contributed by atoms with Gasteiger partial charge in [0.15, 0.2) is 0 Å². The molecule has 0 aliphatic heterocycles. The summed E-state index contributed by atoms with van der Waals surface area (Å²) >= 11 is 0. The van der Waals surface area contributed by atoms with Crippen LogP contribution < -0.4 is 11.1 Å². The van der Waals surface area contributed by atoms with E-state index in [-0.39, 0.29) is 12.3 Å². The van der Waals surface area contributed by atoms with Crippen LogP contribution in [0.2, 0.25) is 0 Å². The van der Waals surface area contributed by atoms with E-state index in [1.54, 1.807) is 6.92 Å². The third-order valence-electron chi connectivity index (χ3n) is 3.47. The van der Waals surface area contributed by atoms with Crippen LogP contribution >= 0.6 is 0 Å². The molecule has 0 saturated heterocycles. The van der Waals surface area contributed by atoms with Crippen LogP contribution in [0.4, 0.5) is 0 Å². The van der Waals surface area contributed by atoms with E-state index in [1.807, 2.05) is 13.8 Å². The zero-order valence-corrected chi connectivity index (χ0v) is 12.4. The molecule has 0 fully saturated rings. The molecule has 5 heteroatoms. The van der Waals surface area contributed by atoms with Crippen molar-refractivity contribution in [1.82, 2.24) is 5.32 Å². The molecule has 19 heavy (non-hydrogen) atoms. The first kappa shape index (κ1) is 17.9. The van der Waals surface area contributed by atoms with E-state index in [1.165, 1.54) is 0 Å². The van der Waals surface area contributed by atoms with Gasteiger partial charge < -0.3 is 16.2 Å². The van der Waals surface area contributed by atoms with Gasteiger partial charge in [0.1, 0.15) is 0 Å². The van der Waals surface area contributed by atoms with Crippen molar-refractivity contribution in [3.05, 3.63) is 0 Å². The number of carboxylic acids is 1. The molecule has 1 amide bonds. The van der Waals surface area contributed by atoms with Gasteiger partial charge in [0.25, 0.3) is 0 Å². The second kappa shape index (κ2) is 8.91. The average molecular weight is 272 g/mol. The summed E-state index contributed by atoms with van der Waals surface area (Å²) in [6.07, 6.45) is 4.12. The summed E-state index contributed by atoms with van der Waals surface area (Å²) in [4.78, 5) is 22.4. The van der Waals surface area contributed by atoms with Gasteiger partial charge in [-0.2, -0.15) is 0 Å². The minimum absolute atomic E-state index is 0.123. The van der Waals surface area contributed by atoms with Gasteiger partial charge in [-0.3, -0.25) is 9.59 Å². The lowest BCUT2D eigenvalue weighted by atomic mass is 9.95. The van der Waals surface area contributed by atoms with Crippen LogP contribution in [0.25, 0.3) is 0 Å². The van der Waals surface area contributed by atoms with Crippen LogP contribution in [0.5, 0.6) is 0 Å². The molecule has 0 aromatic carbocycles. The van der Waals surface area contributed by atoms with E-state index < -0.39 is 11.5 Å². The maximum Gasteiger partial charge on any atom is 0.303 e. The molecule has 0 aromatic rings. The van der Waals surface area contributed by atoms with Gasteiger partial charge >= 0.3 is 5.97 Å². The fraction of sp³-hybridized carbons (Fsp3) is 0.857. The summed E-state index contributed by atoms with van der Waals surface area (Å²) in [5, 5.41) is 11.5. The predicted octanol–water partition coefficient (Wildman–Crippen LogP) is 1.90. The number of hydrogen-bond acceptors (Lipinski definition) is 3. The summed E-state index contributed by atoms with van der Waals surface area (Å²) < 4.78 is 0. The van der Waals surface area contributed by atoms with Crippen LogP contribution in [-0.2, 0) is 9.59 Å². The average Bonchev–Trinajstić information content (AvgIpc) is 2.32. The van der Waals surface area contributed by atoms with Gasteiger partial charge in [0.2, 0.25) is 5.91 Å². The van der Waals surface area contributed by atoms with E-state index >= 15 is 0 Å². The van der Waals surface area contributed by atoms with Crippen molar-refractivity contribution in [2.24, 2.45) is 11.7 Å². The van der Waals surface area contributed by atoms with Crippen molar-refractivity contribution < 1.29 is 14.7 Å². The molecule has 112 valence electrons. The second-order valence-electron chi connectivity index (χ2n) is 5.42. The molecule has 0 rings (SSSR count). The number of nitrogens with two attached hydrogens (primary N) is 1. The number of nitrogens with one attached hydrogen (secondary N) is 1. The zero-order chi connectivity index (χ0) is 14.9. The standard InChI is InChI=1S/C14H28N2O3/c1-4-9-14(3,15)13(19)16-10-8-11(5-2)6-7-12(17)18/h11H,4-10,15H2,1-3H3,(H,16,19)(H,17,18). The highest BCUT2D eigenvalue weighted by molar-refractivity contribution is 5.85. The number of amides is 1. The molecule has 2 unspecified atom stereocenters. The van der Waals surface area contributed by atoms with Gasteiger partial charge in [0, 0.05) is 13.0 Å². The molecule has 0 aliphatic rings. The minimum atomic E-state index is -0.808. The van der Waals surface area contributed by atoms with Crippen molar-refractivity contribution in [3.8, 4) is 0 Å². The Morgan fingerprint density at radius 3 is 2.42 bits per heavy atom. The van der Waals surface area contributed by atoms with Gasteiger partial charge in [0.05, 0.1) is 5.54 Å². The molecule has 2 atom stereocenters. The van der Waals surface area contributed by atoms with Crippen LogP contribution in [0.1, 0.15) is 59.3 Å². The molecule has 4 N–H and O–H groups in total. The smallest absolute Gasteiger partial charge is 0.303 e. The molecule has 0 spiro atoms. The van der Waals surface area contributed by atoms with E-state index in [0.717, 1.165) is 19.3 Å². The van der Waals surface area contributed by atoms with Crippen LogP contribution in [0, 0.1) is 5.92 Å². The van der Waals surface area contributed by atoms with Crippen LogP contribution in [-0.4, -0.2) is 29.1 Å². The number of carbonyl (C=O) groups excluding carboxylic acids is 1. The van der Waals surface area contributed by atoms with Gasteiger partial charge in [-0.05, 0) is 32.1 Å². The molecule has 5 nitrogen and oxygen atoms in total. The van der Waals surface area contributed by atoms with Crippen molar-refractivity contribution in [3.63, 3.8) is 0 Å². The summed E-state index contributed by atoms with van der Waals surface area (Å²) in [6, 6.07) is 0. The van der Waals surface area contributed by atoms with Gasteiger partial charge in [-0.25, -0.2) is 0 Å². The van der Waals surface area contributed by atoms with Crippen LogP contribution in [0.15, 0.2) is 0 Å². The lowest BCUT2D eigenvalue weighted by Crippen LogP contribution is -2.51. The monoisotopic (exact) mass is 272 g/mol. The molecule has 0 aliphatic carbocycles. The fourth-order valence-corrected chi connectivity index (χ4v) is 2.10. The predicted molar refractivity (Wildman–Crippen MR) is 75.8 cm³/mol. The zero-order valence-electron chi connectivity index (χ0n) is 12.4. The topological polar surface area (TPSA) is 92.4 Å². The highest BCUT2D eigenvalue weighted by Gasteiger charge is 2.26. The van der Waals surface area contributed by atoms with Crippen molar-refractivity contribution in [2.75, 3.05) is 6.54 Å². The summed E-state index contributed by atoms with van der Waals surface area (Å²) in [5.74, 6) is -0.547. The Kier molecular flexibility index (Phi) is 8.39. The van der Waals surface area contributed by atoms with Crippen LogP contribution in [0.3, 0.4) is 0 Å². The van der Waals surface area contributed by atoms with E-state index in [0.29, 0.717) is 25.3 Å². The number of rotatable bonds is 10. The second-order valence-corrected chi connectivity index (χ2v) is 5.42. The van der Waals surface area contributed by atoms with Crippen molar-refractivity contribution in [1.29, 1.82) is 0 Å². The lowest BCUT2D eigenvalue weighted by molar-refractivity contribution is -0.137. The summed E-state index contributed by atoms with van der Waals surface area (Å²) in [7, 11) is 0. The molecule has 0 aromatic heterocycles. The molecule has 0 saturated carbocycles. The summed E-state index contributed by atoms with van der Waals surface area (Å²) in [5.41, 5.74) is 5.12. The Hall–Kier alpha value is -1.10. The quantitative estimate of drug-likeness (QED) is 0.566. The molecule has 0 bridgehead atoms. The minimum Gasteiger partial charge on any atom is -0.481 e. The number of aliphatic carboxylic acids is 1. The molecular formula is C14H28N2O3. The maximum atomic E-state index is 11.9. The molecule has 0 heterocycles. The van der Waals surface area contributed by atoms with E-state index in [4.69, 9.17) is 10.8 Å². The Bertz CT molecular complexity index is 290. The van der Waals surface area contributed by atoms with E-state index in [2.05, 4.69) is 5.32 Å². The first-order chi connectivity index (χ1) is 8.83. The SMILES string of the molecule is CCCC(C)(N)C(=O)NCCC(CC)CCC(=O)O. The Balaban J connectivity index is 3.99. The third-order valence-corrected chi connectivity index (χ3v) is 3.47. The number of carboxylic acid groups (broad SMARTS) is 1. The number of hydrogen-bond donors (Lipinski definition) is 3. The lowest BCUT2D eigenvalue weighted by Gasteiger charge is -2.23. The van der Waals surface area contributed by atoms with E-state index in [9.17, 15) is 9.59 Å². The van der Waals surface area contributed by atoms with Crippen molar-refractivity contribution in [2.45, 2.75) is 64.8 Å². The highest BCUT2D eigenvalue weighted by atomic mass is 16.4. The normalized spacial score (nSPS) is 15.6. The third kappa shape index (κ3) is 7.82. The fourth-order valence-electron chi connectivity index (χ4n) is 2.10. The van der Waals surface area contributed by atoms with Gasteiger partial charge in [-0.1, -0.05) is 26.7 Å². The van der Waals surface area contributed by atoms with Gasteiger partial charge in [-0.15, -0.1) is 0 Å².